The molecule has 0 atom stereocenters. The summed E-state index contributed by atoms with van der Waals surface area (Å²) in [6.07, 6.45) is 3.44. The number of non-ortho nitro benzene ring substituents is 1. The number of halogens is 1. The smallest absolute Gasteiger partial charge is 0.335 e. The molecular weight excluding hydrogens is 570 g/mol. The Balaban J connectivity index is 1.68. The van der Waals surface area contributed by atoms with Gasteiger partial charge in [-0.3, -0.25) is 25.0 Å². The number of hydrogen-bond donors (Lipinski definition) is 1. The van der Waals surface area contributed by atoms with Crippen molar-refractivity contribution in [3.05, 3.63) is 110 Å². The van der Waals surface area contributed by atoms with Crippen LogP contribution in [0.1, 0.15) is 16.7 Å². The van der Waals surface area contributed by atoms with Crippen molar-refractivity contribution in [2.45, 2.75) is 13.0 Å². The maximum absolute atomic E-state index is 13.3. The molecule has 1 heterocycles. The Kier molecular flexibility index (Phi) is 8.21. The summed E-state index contributed by atoms with van der Waals surface area (Å²) in [5, 5.41) is 13.1. The number of methoxy groups -OCH3 is 1. The van der Waals surface area contributed by atoms with Gasteiger partial charge < -0.3 is 9.47 Å². The van der Waals surface area contributed by atoms with Gasteiger partial charge in [-0.2, -0.15) is 0 Å². The molecule has 0 aromatic heterocycles. The minimum Gasteiger partial charge on any atom is -0.493 e. The molecule has 0 radical (unpaired) electrons. The monoisotopic (exact) mass is 591 g/mol. The zero-order valence-corrected chi connectivity index (χ0v) is 22.3. The molecule has 0 saturated carbocycles. The van der Waals surface area contributed by atoms with Crippen LogP contribution in [0.25, 0.3) is 6.08 Å². The summed E-state index contributed by atoms with van der Waals surface area (Å²) in [6.45, 7) is 4.08. The Morgan fingerprint density at radius 3 is 2.38 bits per heavy atom. The van der Waals surface area contributed by atoms with Gasteiger partial charge in [0, 0.05) is 22.2 Å². The van der Waals surface area contributed by atoms with Gasteiger partial charge in [-0.25, -0.2) is 9.69 Å². The predicted octanol–water partition coefficient (Wildman–Crippen LogP) is 5.34. The lowest BCUT2D eigenvalue weighted by atomic mass is 10.0. The van der Waals surface area contributed by atoms with Crippen molar-refractivity contribution < 1.29 is 28.8 Å². The zero-order chi connectivity index (χ0) is 28.1. The largest absolute Gasteiger partial charge is 0.493 e. The third kappa shape index (κ3) is 6.04. The van der Waals surface area contributed by atoms with E-state index >= 15 is 0 Å². The minimum absolute atomic E-state index is 0.0723. The van der Waals surface area contributed by atoms with Crippen LogP contribution in [0.5, 0.6) is 11.5 Å². The molecule has 1 saturated heterocycles. The molecule has 1 fully saturated rings. The number of anilines is 1. The Labute approximate surface area is 231 Å². The molecule has 1 aliphatic rings. The van der Waals surface area contributed by atoms with Crippen molar-refractivity contribution in [1.29, 1.82) is 0 Å². The van der Waals surface area contributed by atoms with Crippen LogP contribution >= 0.6 is 15.9 Å². The molecule has 0 spiro atoms. The molecule has 198 valence electrons. The number of ether oxygens (including phenoxy) is 2. The molecule has 3 aromatic rings. The number of barbiturate groups is 1. The van der Waals surface area contributed by atoms with Crippen LogP contribution in [0.2, 0.25) is 0 Å². The second-order valence-electron chi connectivity index (χ2n) is 8.35. The number of nitro groups is 1. The average molecular weight is 592 g/mol. The molecule has 4 amide bonds. The van der Waals surface area contributed by atoms with E-state index in [9.17, 15) is 24.5 Å². The van der Waals surface area contributed by atoms with E-state index in [1.54, 1.807) is 18.2 Å². The van der Waals surface area contributed by atoms with E-state index < -0.39 is 22.8 Å². The van der Waals surface area contributed by atoms with Crippen LogP contribution in [0.3, 0.4) is 0 Å². The lowest BCUT2D eigenvalue weighted by Crippen LogP contribution is -2.54. The Morgan fingerprint density at radius 2 is 1.77 bits per heavy atom. The first-order valence-electron chi connectivity index (χ1n) is 11.6. The first-order valence-corrected chi connectivity index (χ1v) is 12.4. The van der Waals surface area contributed by atoms with Gasteiger partial charge in [0.15, 0.2) is 11.5 Å². The zero-order valence-electron chi connectivity index (χ0n) is 20.7. The van der Waals surface area contributed by atoms with E-state index in [2.05, 4.69) is 27.8 Å². The van der Waals surface area contributed by atoms with Crippen LogP contribution in [0.15, 0.2) is 83.4 Å². The molecule has 10 nitrogen and oxygen atoms in total. The first kappa shape index (κ1) is 27.3. The number of imide groups is 2. The van der Waals surface area contributed by atoms with Gasteiger partial charge in [-0.05, 0) is 60.0 Å². The highest BCUT2D eigenvalue weighted by molar-refractivity contribution is 9.10. The molecule has 39 heavy (non-hydrogen) atoms. The van der Waals surface area contributed by atoms with Gasteiger partial charge in [-0.1, -0.05) is 34.1 Å². The summed E-state index contributed by atoms with van der Waals surface area (Å²) in [6, 6.07) is 14.9. The topological polar surface area (TPSA) is 128 Å². The van der Waals surface area contributed by atoms with E-state index in [0.717, 1.165) is 27.1 Å². The molecule has 3 aromatic carbocycles. The third-order valence-corrected chi connectivity index (χ3v) is 6.29. The number of nitrogens with one attached hydrogen (secondary N) is 1. The first-order chi connectivity index (χ1) is 18.7. The summed E-state index contributed by atoms with van der Waals surface area (Å²) in [7, 11) is 1.48. The Hall–Kier alpha value is -4.77. The second kappa shape index (κ2) is 11.7. The van der Waals surface area contributed by atoms with Gasteiger partial charge in [0.2, 0.25) is 0 Å². The predicted molar refractivity (Wildman–Crippen MR) is 147 cm³/mol. The molecule has 0 unspecified atom stereocenters. The van der Waals surface area contributed by atoms with Crippen LogP contribution in [0, 0.1) is 10.1 Å². The van der Waals surface area contributed by atoms with E-state index in [1.165, 1.54) is 25.3 Å². The number of nitrogens with zero attached hydrogens (tertiary/aromatic N) is 2. The van der Waals surface area contributed by atoms with Crippen molar-refractivity contribution in [2.24, 2.45) is 0 Å². The van der Waals surface area contributed by atoms with Crippen molar-refractivity contribution in [3.8, 4) is 11.5 Å². The summed E-state index contributed by atoms with van der Waals surface area (Å²) in [5.41, 5.74) is 1.67. The van der Waals surface area contributed by atoms with Crippen molar-refractivity contribution in [3.63, 3.8) is 0 Å². The highest BCUT2D eigenvalue weighted by Crippen LogP contribution is 2.35. The van der Waals surface area contributed by atoms with Gasteiger partial charge in [-0.15, -0.1) is 6.58 Å². The van der Waals surface area contributed by atoms with Gasteiger partial charge in [0.1, 0.15) is 12.2 Å². The summed E-state index contributed by atoms with van der Waals surface area (Å²) in [5.74, 6) is -0.879. The summed E-state index contributed by atoms with van der Waals surface area (Å²) in [4.78, 5) is 49.5. The van der Waals surface area contributed by atoms with Crippen LogP contribution in [-0.4, -0.2) is 29.9 Å². The number of allylic oxidation sites excluding steroid dienone is 1. The van der Waals surface area contributed by atoms with Gasteiger partial charge in [0.05, 0.1) is 17.7 Å². The number of benzene rings is 3. The Bertz CT molecular complexity index is 1500. The minimum atomic E-state index is -0.961. The number of amides is 4. The number of hydrogen-bond acceptors (Lipinski definition) is 7. The fourth-order valence-electron chi connectivity index (χ4n) is 3.91. The fourth-order valence-corrected chi connectivity index (χ4v) is 4.17. The maximum atomic E-state index is 13.3. The van der Waals surface area contributed by atoms with E-state index in [-0.39, 0.29) is 23.6 Å². The lowest BCUT2D eigenvalue weighted by Gasteiger charge is -2.26. The average Bonchev–Trinajstić information content (AvgIpc) is 2.91. The van der Waals surface area contributed by atoms with Crippen LogP contribution < -0.4 is 19.7 Å². The van der Waals surface area contributed by atoms with Crippen molar-refractivity contribution in [1.82, 2.24) is 5.32 Å². The van der Waals surface area contributed by atoms with Crippen molar-refractivity contribution >= 4 is 51.2 Å². The van der Waals surface area contributed by atoms with Crippen LogP contribution in [0.4, 0.5) is 16.2 Å². The highest BCUT2D eigenvalue weighted by Gasteiger charge is 2.37. The molecular formula is C28H22BrN3O7. The molecule has 1 N–H and O–H groups in total. The van der Waals surface area contributed by atoms with E-state index in [1.807, 2.05) is 24.3 Å². The van der Waals surface area contributed by atoms with Crippen LogP contribution in [-0.2, 0) is 22.6 Å². The van der Waals surface area contributed by atoms with E-state index in [0.29, 0.717) is 29.0 Å². The third-order valence-electron chi connectivity index (χ3n) is 5.77. The van der Waals surface area contributed by atoms with E-state index in [4.69, 9.17) is 9.47 Å². The highest BCUT2D eigenvalue weighted by atomic mass is 79.9. The molecule has 11 heteroatoms. The molecule has 0 bridgehead atoms. The molecule has 4 rings (SSSR count). The summed E-state index contributed by atoms with van der Waals surface area (Å²) >= 11 is 3.41. The second-order valence-corrected chi connectivity index (χ2v) is 9.27. The standard InChI is InChI=1S/C28H22BrN3O7/c1-3-4-19-13-18(15-24(38-2)25(19)39-16-17-5-7-20(29)8-6-17)14-23-26(33)30-28(35)31(27(23)34)21-9-11-22(12-10-21)32(36)37/h3,5-15H,1,4,16H2,2H3,(H,30,33,35)/b23-14+. The number of nitro benzene ring substituents is 1. The number of carbonyl (C=O) groups is 3. The fraction of sp³-hybridized carbons (Fsp3) is 0.107. The number of carbonyl (C=O) groups excluding carboxylic acids is 3. The van der Waals surface area contributed by atoms with Crippen molar-refractivity contribution in [2.75, 3.05) is 12.0 Å². The lowest BCUT2D eigenvalue weighted by molar-refractivity contribution is -0.384. The normalized spacial score (nSPS) is 14.3. The molecule has 0 aliphatic carbocycles. The number of urea groups is 1. The van der Waals surface area contributed by atoms with Gasteiger partial charge in [0.25, 0.3) is 17.5 Å². The quantitative estimate of drug-likeness (QED) is 0.117. The van der Waals surface area contributed by atoms with Gasteiger partial charge >= 0.3 is 6.03 Å². The molecule has 1 aliphatic heterocycles. The SMILES string of the molecule is C=CCc1cc(/C=C2\C(=O)NC(=O)N(c3ccc([N+](=O)[O-])cc3)C2=O)cc(OC)c1OCc1ccc(Br)cc1. The maximum Gasteiger partial charge on any atom is 0.335 e. The summed E-state index contributed by atoms with van der Waals surface area (Å²) < 4.78 is 12.6. The Morgan fingerprint density at radius 1 is 1.08 bits per heavy atom. The number of rotatable bonds is 9.